The van der Waals surface area contributed by atoms with Crippen molar-refractivity contribution >= 4 is 35.3 Å². The molecule has 0 fully saturated rings. The van der Waals surface area contributed by atoms with E-state index in [0.29, 0.717) is 41.5 Å². The third-order valence-corrected chi connectivity index (χ3v) is 5.91. The van der Waals surface area contributed by atoms with Crippen molar-refractivity contribution < 1.29 is 38.8 Å². The molecule has 1 unspecified atom stereocenters. The zero-order valence-corrected chi connectivity index (χ0v) is 22.5. The normalized spacial score (nSPS) is 11.3. The van der Waals surface area contributed by atoms with Crippen molar-refractivity contribution in [2.75, 3.05) is 44.2 Å². The van der Waals surface area contributed by atoms with Crippen molar-refractivity contribution in [3.05, 3.63) is 59.3 Å². The van der Waals surface area contributed by atoms with Crippen LogP contribution in [0.4, 0.5) is 17.5 Å². The van der Waals surface area contributed by atoms with Crippen molar-refractivity contribution in [3.8, 4) is 17.2 Å². The fourth-order valence-corrected chi connectivity index (χ4v) is 3.82. The SMILES string of the molecule is COc1cc(Cc2cnc(N)nc2N)cc(OC)c1OCCNc1ccc(C(=O)NC(CCC(=O)O)C(=O)O)cc1. The van der Waals surface area contributed by atoms with Crippen LogP contribution >= 0.6 is 0 Å². The number of methoxy groups -OCH3 is 2. The van der Waals surface area contributed by atoms with Crippen LogP contribution in [0, 0.1) is 0 Å². The second-order valence-electron chi connectivity index (χ2n) is 8.79. The van der Waals surface area contributed by atoms with E-state index in [4.69, 9.17) is 30.8 Å². The summed E-state index contributed by atoms with van der Waals surface area (Å²) in [5, 5.41) is 23.5. The fraction of sp³-hybridized carbons (Fsp3) is 0.296. The van der Waals surface area contributed by atoms with Gasteiger partial charge in [-0.2, -0.15) is 4.98 Å². The monoisotopic (exact) mass is 568 g/mol. The standard InChI is InChI=1S/C27H32N6O8/c1-39-20-12-15(11-17-14-31-27(29)33-24(17)28)13-21(40-2)23(20)41-10-9-30-18-5-3-16(4-6-18)25(36)32-19(26(37)38)7-8-22(34)35/h3-6,12-14,19,30H,7-11H2,1-2H3,(H,32,36)(H,34,35)(H,37,38)(H4,28,29,31,33). The molecule has 0 aliphatic heterocycles. The third-order valence-electron chi connectivity index (χ3n) is 5.91. The maximum absolute atomic E-state index is 12.4. The molecular formula is C27H32N6O8. The molecule has 0 radical (unpaired) electrons. The molecule has 0 spiro atoms. The first-order valence-electron chi connectivity index (χ1n) is 12.4. The summed E-state index contributed by atoms with van der Waals surface area (Å²) in [7, 11) is 3.04. The molecule has 2 aromatic carbocycles. The minimum absolute atomic E-state index is 0.0963. The highest BCUT2D eigenvalue weighted by Gasteiger charge is 2.21. The highest BCUT2D eigenvalue weighted by molar-refractivity contribution is 5.96. The first kappa shape index (κ1) is 30.3. The Bertz CT molecular complexity index is 1360. The number of carboxylic acid groups (broad SMARTS) is 2. The maximum Gasteiger partial charge on any atom is 0.326 e. The molecule has 8 N–H and O–H groups in total. The van der Waals surface area contributed by atoms with E-state index < -0.39 is 23.9 Å². The number of benzene rings is 2. The topological polar surface area (TPSA) is 221 Å². The van der Waals surface area contributed by atoms with Crippen LogP contribution < -0.4 is 36.3 Å². The Hall–Kier alpha value is -5.27. The smallest absolute Gasteiger partial charge is 0.326 e. The molecule has 0 saturated heterocycles. The molecule has 1 aromatic heterocycles. The van der Waals surface area contributed by atoms with Gasteiger partial charge in [0, 0.05) is 42.4 Å². The predicted octanol–water partition coefficient (Wildman–Crippen LogP) is 1.79. The van der Waals surface area contributed by atoms with Gasteiger partial charge in [-0.3, -0.25) is 9.59 Å². The number of anilines is 3. The third kappa shape index (κ3) is 8.61. The van der Waals surface area contributed by atoms with Gasteiger partial charge < -0.3 is 46.5 Å². The van der Waals surface area contributed by atoms with Gasteiger partial charge in [-0.05, 0) is 48.4 Å². The van der Waals surface area contributed by atoms with Crippen molar-refractivity contribution in [1.82, 2.24) is 15.3 Å². The van der Waals surface area contributed by atoms with E-state index in [-0.39, 0.29) is 36.8 Å². The van der Waals surface area contributed by atoms with E-state index in [0.717, 1.165) is 5.56 Å². The van der Waals surface area contributed by atoms with Crippen LogP contribution in [0.3, 0.4) is 0 Å². The summed E-state index contributed by atoms with van der Waals surface area (Å²) in [6, 6.07) is 8.68. The number of rotatable bonds is 15. The van der Waals surface area contributed by atoms with E-state index in [1.54, 1.807) is 30.5 Å². The lowest BCUT2D eigenvalue weighted by Crippen LogP contribution is -2.41. The van der Waals surface area contributed by atoms with Crippen LogP contribution in [0.15, 0.2) is 42.6 Å². The van der Waals surface area contributed by atoms with E-state index >= 15 is 0 Å². The minimum atomic E-state index is -1.30. The van der Waals surface area contributed by atoms with Crippen molar-refractivity contribution in [2.24, 2.45) is 0 Å². The number of nitrogen functional groups attached to an aromatic ring is 2. The summed E-state index contributed by atoms with van der Waals surface area (Å²) in [6.45, 7) is 0.645. The molecule has 218 valence electrons. The number of hydrogen-bond acceptors (Lipinski definition) is 11. The number of ether oxygens (including phenoxy) is 3. The number of nitrogens with zero attached hydrogens (tertiary/aromatic N) is 2. The average Bonchev–Trinajstić information content (AvgIpc) is 2.94. The van der Waals surface area contributed by atoms with Gasteiger partial charge in [0.15, 0.2) is 11.5 Å². The van der Waals surface area contributed by atoms with Gasteiger partial charge >= 0.3 is 11.9 Å². The molecule has 1 heterocycles. The van der Waals surface area contributed by atoms with Gasteiger partial charge in [-0.25, -0.2) is 9.78 Å². The Balaban J connectivity index is 1.57. The van der Waals surface area contributed by atoms with Crippen molar-refractivity contribution in [2.45, 2.75) is 25.3 Å². The quantitative estimate of drug-likeness (QED) is 0.144. The van der Waals surface area contributed by atoms with Gasteiger partial charge in [-0.1, -0.05) is 0 Å². The average molecular weight is 569 g/mol. The summed E-state index contributed by atoms with van der Waals surface area (Å²) >= 11 is 0. The zero-order valence-electron chi connectivity index (χ0n) is 22.5. The van der Waals surface area contributed by atoms with Gasteiger partial charge in [0.25, 0.3) is 5.91 Å². The summed E-state index contributed by atoms with van der Waals surface area (Å²) in [6.07, 6.45) is 1.40. The summed E-state index contributed by atoms with van der Waals surface area (Å²) in [4.78, 5) is 42.4. The molecule has 0 bridgehead atoms. The number of carboxylic acids is 2. The number of nitrogens with one attached hydrogen (secondary N) is 2. The Morgan fingerprint density at radius 2 is 1.68 bits per heavy atom. The van der Waals surface area contributed by atoms with Gasteiger partial charge in [0.2, 0.25) is 11.7 Å². The lowest BCUT2D eigenvalue weighted by atomic mass is 10.1. The van der Waals surface area contributed by atoms with E-state index in [9.17, 15) is 19.5 Å². The highest BCUT2D eigenvalue weighted by atomic mass is 16.5. The molecule has 1 amide bonds. The Morgan fingerprint density at radius 3 is 2.24 bits per heavy atom. The summed E-state index contributed by atoms with van der Waals surface area (Å²) in [5.41, 5.74) is 14.0. The summed E-state index contributed by atoms with van der Waals surface area (Å²) in [5.74, 6) is -1.33. The van der Waals surface area contributed by atoms with Crippen molar-refractivity contribution in [3.63, 3.8) is 0 Å². The van der Waals surface area contributed by atoms with Crippen LogP contribution in [-0.2, 0) is 16.0 Å². The zero-order chi connectivity index (χ0) is 29.9. The van der Waals surface area contributed by atoms with E-state index in [1.807, 2.05) is 0 Å². The first-order valence-corrected chi connectivity index (χ1v) is 12.4. The van der Waals surface area contributed by atoms with Gasteiger partial charge in [0.1, 0.15) is 18.5 Å². The van der Waals surface area contributed by atoms with Gasteiger partial charge in [-0.15, -0.1) is 0 Å². The van der Waals surface area contributed by atoms with E-state index in [1.165, 1.54) is 26.4 Å². The number of hydrogen-bond donors (Lipinski definition) is 6. The first-order chi connectivity index (χ1) is 19.6. The Morgan fingerprint density at radius 1 is 1.02 bits per heavy atom. The molecule has 0 aliphatic rings. The molecule has 0 aliphatic carbocycles. The van der Waals surface area contributed by atoms with Crippen LogP contribution in [0.5, 0.6) is 17.2 Å². The predicted molar refractivity (Wildman–Crippen MR) is 149 cm³/mol. The van der Waals surface area contributed by atoms with Crippen LogP contribution in [0.2, 0.25) is 0 Å². The van der Waals surface area contributed by atoms with Crippen molar-refractivity contribution in [1.29, 1.82) is 0 Å². The number of nitrogens with two attached hydrogens (primary N) is 2. The molecule has 0 saturated carbocycles. The molecule has 14 heteroatoms. The fourth-order valence-electron chi connectivity index (χ4n) is 3.82. The maximum atomic E-state index is 12.4. The number of amides is 1. The van der Waals surface area contributed by atoms with Crippen LogP contribution in [0.1, 0.15) is 34.3 Å². The lowest BCUT2D eigenvalue weighted by molar-refractivity contribution is -0.140. The Kier molecular flexibility index (Phi) is 10.5. The minimum Gasteiger partial charge on any atom is -0.493 e. The molecule has 3 rings (SSSR count). The van der Waals surface area contributed by atoms with Gasteiger partial charge in [0.05, 0.1) is 14.2 Å². The van der Waals surface area contributed by atoms with Crippen LogP contribution in [-0.4, -0.2) is 71.4 Å². The molecule has 41 heavy (non-hydrogen) atoms. The highest BCUT2D eigenvalue weighted by Crippen LogP contribution is 2.39. The second kappa shape index (κ2) is 14.2. The molecular weight excluding hydrogens is 536 g/mol. The molecule has 14 nitrogen and oxygen atoms in total. The molecule has 1 atom stereocenters. The van der Waals surface area contributed by atoms with Crippen LogP contribution in [0.25, 0.3) is 0 Å². The number of aliphatic carboxylic acids is 2. The number of aromatic nitrogens is 2. The molecule has 3 aromatic rings. The summed E-state index contributed by atoms with van der Waals surface area (Å²) < 4.78 is 17.0. The number of carbonyl (C=O) groups excluding carboxylic acids is 1. The lowest BCUT2D eigenvalue weighted by Gasteiger charge is -2.17. The Labute approximate surface area is 235 Å². The number of carbonyl (C=O) groups is 3. The van der Waals surface area contributed by atoms with E-state index in [2.05, 4.69) is 20.6 Å². The second-order valence-corrected chi connectivity index (χ2v) is 8.79. The largest absolute Gasteiger partial charge is 0.493 e.